The molecule has 0 heterocycles. The van der Waals surface area contributed by atoms with E-state index in [1.54, 1.807) is 0 Å². The lowest BCUT2D eigenvalue weighted by Gasteiger charge is -2.23. The molecule has 0 aliphatic heterocycles. The molecular formula is C14H32BrClN2O4. The molecule has 0 aromatic heterocycles. The summed E-state index contributed by atoms with van der Waals surface area (Å²) in [6.07, 6.45) is 0. The van der Waals surface area contributed by atoms with Crippen LogP contribution < -0.4 is 29.4 Å². The largest absolute Gasteiger partial charge is 1.00 e. The molecule has 8 heteroatoms. The average Bonchev–Trinajstić information content (AvgIpc) is 2.12. The quantitative estimate of drug-likeness (QED) is 0.326. The highest BCUT2D eigenvalue weighted by Gasteiger charge is 2.07. The van der Waals surface area contributed by atoms with E-state index in [0.29, 0.717) is 13.2 Å². The molecule has 0 amide bonds. The van der Waals surface area contributed by atoms with Crippen LogP contribution in [0.5, 0.6) is 0 Å². The summed E-state index contributed by atoms with van der Waals surface area (Å²) in [7, 11) is 12.4. The van der Waals surface area contributed by atoms with Gasteiger partial charge in [-0.1, -0.05) is 0 Å². The molecule has 0 spiro atoms. The first-order chi connectivity index (χ1) is 8.83. The van der Waals surface area contributed by atoms with Crippen molar-refractivity contribution in [3.8, 4) is 0 Å². The lowest BCUT2D eigenvalue weighted by atomic mass is 10.5. The van der Waals surface area contributed by atoms with Crippen molar-refractivity contribution in [1.82, 2.24) is 0 Å². The average molecular weight is 408 g/mol. The predicted octanol–water partition coefficient (Wildman–Crippen LogP) is -5.48. The molecule has 0 unspecified atom stereocenters. The molecule has 0 saturated heterocycles. The van der Waals surface area contributed by atoms with Crippen LogP contribution in [0, 0.1) is 0 Å². The number of ether oxygens (including phenoxy) is 2. The zero-order valence-corrected chi connectivity index (χ0v) is 17.5. The third-order valence-electron chi connectivity index (χ3n) is 2.13. The van der Waals surface area contributed by atoms with E-state index in [0.717, 1.165) is 22.1 Å². The zero-order chi connectivity index (χ0) is 16.4. The molecule has 0 fully saturated rings. The Kier molecular flexibility index (Phi) is 19.2. The normalized spacial score (nSPS) is 10.2. The van der Waals surface area contributed by atoms with Gasteiger partial charge in [-0.2, -0.15) is 0 Å². The van der Waals surface area contributed by atoms with Gasteiger partial charge >= 0.3 is 11.9 Å². The maximum atomic E-state index is 10.3. The van der Waals surface area contributed by atoms with Gasteiger partial charge in [0, 0.05) is 13.8 Å². The minimum absolute atomic E-state index is 0. The molecule has 0 aliphatic rings. The molecule has 136 valence electrons. The fourth-order valence-electron chi connectivity index (χ4n) is 0.926. The molecule has 6 nitrogen and oxygen atoms in total. The molecule has 0 bridgehead atoms. The van der Waals surface area contributed by atoms with E-state index in [1.165, 1.54) is 13.8 Å². The molecule has 0 N–H and O–H groups in total. The molecule has 0 aromatic rings. The first-order valence-corrected chi connectivity index (χ1v) is 6.71. The Balaban J connectivity index is -0.000000135. The van der Waals surface area contributed by atoms with Crippen LogP contribution in [-0.2, 0) is 19.1 Å². The van der Waals surface area contributed by atoms with E-state index in [9.17, 15) is 9.59 Å². The second kappa shape index (κ2) is 14.2. The zero-order valence-electron chi connectivity index (χ0n) is 15.1. The van der Waals surface area contributed by atoms with Crippen molar-refractivity contribution < 1.29 is 57.4 Å². The van der Waals surface area contributed by atoms with Gasteiger partial charge in [-0.05, 0) is 0 Å². The molecule has 0 atom stereocenters. The molecule has 0 saturated carbocycles. The topological polar surface area (TPSA) is 52.6 Å². The number of hydrogen-bond donors (Lipinski definition) is 0. The van der Waals surface area contributed by atoms with Crippen molar-refractivity contribution in [2.24, 2.45) is 0 Å². The molecule has 0 aliphatic carbocycles. The van der Waals surface area contributed by atoms with Gasteiger partial charge < -0.3 is 47.8 Å². The molecule has 0 radical (unpaired) electrons. The first kappa shape index (κ1) is 29.6. The van der Waals surface area contributed by atoms with Gasteiger partial charge in [0.05, 0.1) is 42.3 Å². The van der Waals surface area contributed by atoms with Gasteiger partial charge in [-0.15, -0.1) is 0 Å². The number of carbonyl (C=O) groups excluding carboxylic acids is 2. The van der Waals surface area contributed by atoms with Gasteiger partial charge in [0.15, 0.2) is 0 Å². The Morgan fingerprint density at radius 3 is 1.09 bits per heavy atom. The number of quaternary nitrogens is 2. The highest BCUT2D eigenvalue weighted by Crippen LogP contribution is 1.89. The van der Waals surface area contributed by atoms with Gasteiger partial charge in [0.1, 0.15) is 26.3 Å². The van der Waals surface area contributed by atoms with Crippen LogP contribution >= 0.6 is 0 Å². The Morgan fingerprint density at radius 1 is 0.727 bits per heavy atom. The third-order valence-corrected chi connectivity index (χ3v) is 2.13. The van der Waals surface area contributed by atoms with Crippen LogP contribution in [-0.4, -0.2) is 89.5 Å². The van der Waals surface area contributed by atoms with Crippen molar-refractivity contribution in [2.45, 2.75) is 13.8 Å². The summed E-state index contributed by atoms with van der Waals surface area (Å²) < 4.78 is 11.2. The number of nitrogens with zero attached hydrogens (tertiary/aromatic N) is 2. The predicted molar refractivity (Wildman–Crippen MR) is 79.1 cm³/mol. The molecule has 22 heavy (non-hydrogen) atoms. The van der Waals surface area contributed by atoms with Crippen molar-refractivity contribution in [3.05, 3.63) is 0 Å². The second-order valence-corrected chi connectivity index (χ2v) is 6.71. The van der Waals surface area contributed by atoms with Crippen molar-refractivity contribution in [2.75, 3.05) is 68.6 Å². The standard InChI is InChI=1S/2C7H16NO2.BrH.ClH/c2*1-7(9)10-6-5-8(2,3)4;;/h2*5-6H2,1-4H3;2*1H/q2*+1;;/p-2. The summed E-state index contributed by atoms with van der Waals surface area (Å²) in [5.74, 6) is -0.401. The number of rotatable bonds is 6. The number of likely N-dealkylation sites (N-methyl/N-ethyl adjacent to an activating group) is 2. The van der Waals surface area contributed by atoms with E-state index in [4.69, 9.17) is 9.47 Å². The smallest absolute Gasteiger partial charge is 0.302 e. The van der Waals surface area contributed by atoms with Crippen molar-refractivity contribution in [3.63, 3.8) is 0 Å². The third kappa shape index (κ3) is 36.7. The van der Waals surface area contributed by atoms with Gasteiger partial charge in [0.25, 0.3) is 0 Å². The SMILES string of the molecule is CC(=O)OCC[N+](C)(C)C.CC(=O)OCC[N+](C)(C)C.[Br-].[Cl-]. The molecular weight excluding hydrogens is 376 g/mol. The Morgan fingerprint density at radius 2 is 0.955 bits per heavy atom. The Hall–Kier alpha value is -0.370. The first-order valence-electron chi connectivity index (χ1n) is 6.71. The maximum Gasteiger partial charge on any atom is 0.302 e. The summed E-state index contributed by atoms with van der Waals surface area (Å²) in [5.41, 5.74) is 0. The Labute approximate surface area is 152 Å². The number of hydrogen-bond acceptors (Lipinski definition) is 4. The van der Waals surface area contributed by atoms with Gasteiger partial charge in [-0.3, -0.25) is 9.59 Å². The highest BCUT2D eigenvalue weighted by atomic mass is 79.9. The Bertz CT molecular complexity index is 272. The molecule has 0 aromatic carbocycles. The van der Waals surface area contributed by atoms with Crippen LogP contribution in [0.2, 0.25) is 0 Å². The highest BCUT2D eigenvalue weighted by molar-refractivity contribution is 5.66. The van der Waals surface area contributed by atoms with Crippen LogP contribution in [0.3, 0.4) is 0 Å². The summed E-state index contributed by atoms with van der Waals surface area (Å²) >= 11 is 0. The number of esters is 2. The van der Waals surface area contributed by atoms with Crippen molar-refractivity contribution >= 4 is 11.9 Å². The van der Waals surface area contributed by atoms with Crippen LogP contribution in [0.4, 0.5) is 0 Å². The minimum atomic E-state index is -0.201. The fourth-order valence-corrected chi connectivity index (χ4v) is 0.926. The number of carbonyl (C=O) groups is 2. The summed E-state index contributed by atoms with van der Waals surface area (Å²) in [6, 6.07) is 0. The minimum Gasteiger partial charge on any atom is -1.00 e. The fraction of sp³-hybridized carbons (Fsp3) is 0.857. The second-order valence-electron chi connectivity index (χ2n) is 6.71. The van der Waals surface area contributed by atoms with E-state index in [1.807, 2.05) is 0 Å². The van der Waals surface area contributed by atoms with Crippen LogP contribution in [0.15, 0.2) is 0 Å². The van der Waals surface area contributed by atoms with E-state index < -0.39 is 0 Å². The lowest BCUT2D eigenvalue weighted by Crippen LogP contribution is -3.00. The van der Waals surface area contributed by atoms with Crippen LogP contribution in [0.25, 0.3) is 0 Å². The summed E-state index contributed by atoms with van der Waals surface area (Å²) in [6.45, 7) is 5.60. The van der Waals surface area contributed by atoms with E-state index >= 15 is 0 Å². The van der Waals surface area contributed by atoms with Crippen molar-refractivity contribution in [1.29, 1.82) is 0 Å². The van der Waals surface area contributed by atoms with E-state index in [2.05, 4.69) is 42.3 Å². The summed E-state index contributed by atoms with van der Waals surface area (Å²) in [4.78, 5) is 20.6. The monoisotopic (exact) mass is 406 g/mol. The van der Waals surface area contributed by atoms with Gasteiger partial charge in [0.2, 0.25) is 0 Å². The summed E-state index contributed by atoms with van der Waals surface area (Å²) in [5, 5.41) is 0. The van der Waals surface area contributed by atoms with E-state index in [-0.39, 0.29) is 41.3 Å². The molecule has 0 rings (SSSR count). The van der Waals surface area contributed by atoms with Gasteiger partial charge in [-0.25, -0.2) is 0 Å². The lowest BCUT2D eigenvalue weighted by molar-refractivity contribution is -0.870. The maximum absolute atomic E-state index is 10.3. The number of halogens is 2. The van der Waals surface area contributed by atoms with Crippen LogP contribution in [0.1, 0.15) is 13.8 Å².